The molecule has 0 atom stereocenters. The van der Waals surface area contributed by atoms with Gasteiger partial charge in [0, 0.05) is 20.6 Å². The largest absolute Gasteiger partial charge is 0.508 e. The van der Waals surface area contributed by atoms with Crippen molar-refractivity contribution < 1.29 is 13.5 Å². The molecule has 0 aliphatic carbocycles. The minimum atomic E-state index is -3.32. The Labute approximate surface area is 102 Å². The average molecular weight is 258 g/mol. The van der Waals surface area contributed by atoms with Crippen LogP contribution in [0, 0.1) is 0 Å². The van der Waals surface area contributed by atoms with Crippen LogP contribution >= 0.6 is 0 Å². The molecule has 0 aliphatic rings. The summed E-state index contributed by atoms with van der Waals surface area (Å²) in [6, 6.07) is 6.91. The lowest BCUT2D eigenvalue weighted by molar-refractivity contribution is 0.475. The standard InChI is InChI=1S/C11H18N2O3S/c1-13(2)17(15,16)12-9-3-4-10-5-7-11(14)8-6-10/h5-8,12,14H,3-4,9H2,1-2H3. The lowest BCUT2D eigenvalue weighted by Gasteiger charge is -2.12. The Morgan fingerprint density at radius 1 is 1.24 bits per heavy atom. The molecule has 0 aliphatic heterocycles. The first-order chi connectivity index (χ1) is 7.92. The molecule has 0 fully saturated rings. The van der Waals surface area contributed by atoms with E-state index in [-0.39, 0.29) is 5.75 Å². The predicted molar refractivity (Wildman–Crippen MR) is 67.0 cm³/mol. The molecule has 0 unspecified atom stereocenters. The van der Waals surface area contributed by atoms with Crippen molar-refractivity contribution >= 4 is 10.2 Å². The van der Waals surface area contributed by atoms with Gasteiger partial charge < -0.3 is 5.11 Å². The van der Waals surface area contributed by atoms with E-state index in [1.54, 1.807) is 12.1 Å². The van der Waals surface area contributed by atoms with Gasteiger partial charge >= 0.3 is 0 Å². The van der Waals surface area contributed by atoms with Gasteiger partial charge in [-0.2, -0.15) is 12.7 Å². The van der Waals surface area contributed by atoms with Crippen LogP contribution in [-0.4, -0.2) is 38.5 Å². The number of hydrogen-bond acceptors (Lipinski definition) is 3. The fourth-order valence-electron chi connectivity index (χ4n) is 1.29. The first kappa shape index (κ1) is 14.0. The molecule has 0 saturated heterocycles. The van der Waals surface area contributed by atoms with Gasteiger partial charge in [-0.15, -0.1) is 0 Å². The smallest absolute Gasteiger partial charge is 0.278 e. The second-order valence-corrected chi connectivity index (χ2v) is 5.92. The van der Waals surface area contributed by atoms with Crippen molar-refractivity contribution in [2.45, 2.75) is 12.8 Å². The van der Waals surface area contributed by atoms with E-state index in [1.807, 2.05) is 12.1 Å². The number of benzene rings is 1. The van der Waals surface area contributed by atoms with Crippen LogP contribution in [0.5, 0.6) is 5.75 Å². The molecule has 17 heavy (non-hydrogen) atoms. The summed E-state index contributed by atoms with van der Waals surface area (Å²) in [7, 11) is -0.339. The zero-order valence-electron chi connectivity index (χ0n) is 10.0. The maximum atomic E-state index is 11.4. The Bertz CT molecular complexity index is 440. The summed E-state index contributed by atoms with van der Waals surface area (Å²) in [6.45, 7) is 0.404. The second kappa shape index (κ2) is 6.00. The fraction of sp³-hybridized carbons (Fsp3) is 0.455. The van der Waals surface area contributed by atoms with Crippen LogP contribution < -0.4 is 4.72 Å². The van der Waals surface area contributed by atoms with Gasteiger partial charge in [0.15, 0.2) is 0 Å². The van der Waals surface area contributed by atoms with E-state index in [0.717, 1.165) is 22.7 Å². The molecule has 0 bridgehead atoms. The van der Waals surface area contributed by atoms with E-state index >= 15 is 0 Å². The molecule has 1 rings (SSSR count). The highest BCUT2D eigenvalue weighted by Crippen LogP contribution is 2.10. The zero-order valence-corrected chi connectivity index (χ0v) is 10.9. The average Bonchev–Trinajstić information content (AvgIpc) is 2.26. The Morgan fingerprint density at radius 3 is 2.35 bits per heavy atom. The van der Waals surface area contributed by atoms with E-state index < -0.39 is 10.2 Å². The molecule has 1 aromatic rings. The van der Waals surface area contributed by atoms with Crippen LogP contribution in [0.1, 0.15) is 12.0 Å². The molecule has 96 valence electrons. The van der Waals surface area contributed by atoms with Gasteiger partial charge in [-0.3, -0.25) is 0 Å². The molecular weight excluding hydrogens is 240 g/mol. The van der Waals surface area contributed by atoms with Crippen LogP contribution in [-0.2, 0) is 16.6 Å². The zero-order chi connectivity index (χ0) is 12.9. The maximum absolute atomic E-state index is 11.4. The monoisotopic (exact) mass is 258 g/mol. The molecule has 0 heterocycles. The number of phenolic OH excluding ortho intramolecular Hbond substituents is 1. The minimum absolute atomic E-state index is 0.238. The third kappa shape index (κ3) is 4.72. The molecule has 6 heteroatoms. The molecule has 0 radical (unpaired) electrons. The number of hydrogen-bond donors (Lipinski definition) is 2. The van der Waals surface area contributed by atoms with Gasteiger partial charge in [-0.25, -0.2) is 4.72 Å². The lowest BCUT2D eigenvalue weighted by Crippen LogP contribution is -2.36. The van der Waals surface area contributed by atoms with Crippen molar-refractivity contribution in [2.75, 3.05) is 20.6 Å². The van der Waals surface area contributed by atoms with Crippen LogP contribution in [0.25, 0.3) is 0 Å². The summed E-state index contributed by atoms with van der Waals surface area (Å²) in [5, 5.41) is 9.10. The molecule has 0 spiro atoms. The normalized spacial score (nSPS) is 11.9. The fourth-order valence-corrected chi connectivity index (χ4v) is 1.95. The first-order valence-electron chi connectivity index (χ1n) is 5.37. The van der Waals surface area contributed by atoms with E-state index in [2.05, 4.69) is 4.72 Å². The topological polar surface area (TPSA) is 69.6 Å². The molecule has 0 amide bonds. The van der Waals surface area contributed by atoms with Crippen LogP contribution in [0.3, 0.4) is 0 Å². The quantitative estimate of drug-likeness (QED) is 0.739. The number of nitrogens with zero attached hydrogens (tertiary/aromatic N) is 1. The van der Waals surface area contributed by atoms with E-state index in [9.17, 15) is 8.42 Å². The second-order valence-electron chi connectivity index (χ2n) is 3.95. The molecule has 5 nitrogen and oxygen atoms in total. The van der Waals surface area contributed by atoms with Gasteiger partial charge in [-0.1, -0.05) is 12.1 Å². The van der Waals surface area contributed by atoms with Crippen molar-refractivity contribution in [3.8, 4) is 5.75 Å². The Morgan fingerprint density at radius 2 is 1.82 bits per heavy atom. The molecule has 2 N–H and O–H groups in total. The van der Waals surface area contributed by atoms with Gasteiger partial charge in [0.25, 0.3) is 10.2 Å². The summed E-state index contributed by atoms with van der Waals surface area (Å²) in [5.41, 5.74) is 1.08. The van der Waals surface area contributed by atoms with Crippen molar-refractivity contribution in [3.05, 3.63) is 29.8 Å². The highest BCUT2D eigenvalue weighted by atomic mass is 32.2. The maximum Gasteiger partial charge on any atom is 0.278 e. The molecular formula is C11H18N2O3S. The number of aromatic hydroxyl groups is 1. The van der Waals surface area contributed by atoms with Crippen molar-refractivity contribution in [1.82, 2.24) is 9.03 Å². The molecule has 1 aromatic carbocycles. The van der Waals surface area contributed by atoms with Gasteiger partial charge in [0.1, 0.15) is 5.75 Å². The van der Waals surface area contributed by atoms with E-state index in [4.69, 9.17) is 5.11 Å². The number of rotatable bonds is 6. The number of phenols is 1. The third-order valence-corrected chi connectivity index (χ3v) is 3.87. The van der Waals surface area contributed by atoms with Crippen LogP contribution in [0.2, 0.25) is 0 Å². The predicted octanol–water partition coefficient (Wildman–Crippen LogP) is 0.721. The SMILES string of the molecule is CN(C)S(=O)(=O)NCCCc1ccc(O)cc1. The van der Waals surface area contributed by atoms with Gasteiger partial charge in [0.2, 0.25) is 0 Å². The van der Waals surface area contributed by atoms with Gasteiger partial charge in [-0.05, 0) is 30.5 Å². The summed E-state index contributed by atoms with van der Waals surface area (Å²) in [4.78, 5) is 0. The first-order valence-corrected chi connectivity index (χ1v) is 6.81. The highest BCUT2D eigenvalue weighted by Gasteiger charge is 2.10. The summed E-state index contributed by atoms with van der Waals surface area (Å²) < 4.78 is 26.4. The van der Waals surface area contributed by atoms with E-state index in [1.165, 1.54) is 14.1 Å². The summed E-state index contributed by atoms with van der Waals surface area (Å²) >= 11 is 0. The summed E-state index contributed by atoms with van der Waals surface area (Å²) in [5.74, 6) is 0.238. The van der Waals surface area contributed by atoms with Crippen molar-refractivity contribution in [2.24, 2.45) is 0 Å². The van der Waals surface area contributed by atoms with E-state index in [0.29, 0.717) is 6.54 Å². The minimum Gasteiger partial charge on any atom is -0.508 e. The van der Waals surface area contributed by atoms with Crippen molar-refractivity contribution in [1.29, 1.82) is 0 Å². The van der Waals surface area contributed by atoms with Crippen LogP contribution in [0.15, 0.2) is 24.3 Å². The number of aryl methyl sites for hydroxylation is 1. The van der Waals surface area contributed by atoms with Crippen LogP contribution in [0.4, 0.5) is 0 Å². The molecule has 0 saturated carbocycles. The Hall–Kier alpha value is -1.11. The van der Waals surface area contributed by atoms with Gasteiger partial charge in [0.05, 0.1) is 0 Å². The Kier molecular flexibility index (Phi) is 4.92. The summed E-state index contributed by atoms with van der Waals surface area (Å²) in [6.07, 6.45) is 1.49. The van der Waals surface area contributed by atoms with Crippen molar-refractivity contribution in [3.63, 3.8) is 0 Å². The molecule has 0 aromatic heterocycles. The Balaban J connectivity index is 2.32. The third-order valence-electron chi connectivity index (χ3n) is 2.34. The highest BCUT2D eigenvalue weighted by molar-refractivity contribution is 7.87. The lowest BCUT2D eigenvalue weighted by atomic mass is 10.1. The number of nitrogens with one attached hydrogen (secondary N) is 1.